The highest BCUT2D eigenvalue weighted by molar-refractivity contribution is 7.90. The summed E-state index contributed by atoms with van der Waals surface area (Å²) in [6.07, 6.45) is 0. The minimum Gasteiger partial charge on any atom is -0.370 e. The standard InChI is InChI=1S/C11H16N2O4S/c1-9-2-4-10(5-3-9)18(15,16)13-11(14)8-17-7-6-12/h2-5H,6-8,12H2,1H3,(H,13,14). The lowest BCUT2D eigenvalue weighted by molar-refractivity contribution is -0.123. The Morgan fingerprint density at radius 3 is 2.50 bits per heavy atom. The van der Waals surface area contributed by atoms with Crippen LogP contribution in [0.25, 0.3) is 0 Å². The topological polar surface area (TPSA) is 98.5 Å². The number of carbonyl (C=O) groups is 1. The van der Waals surface area contributed by atoms with Crippen LogP contribution in [0.3, 0.4) is 0 Å². The zero-order chi connectivity index (χ0) is 13.6. The Morgan fingerprint density at radius 2 is 1.94 bits per heavy atom. The monoisotopic (exact) mass is 272 g/mol. The largest absolute Gasteiger partial charge is 0.370 e. The molecule has 0 spiro atoms. The molecule has 100 valence electrons. The molecule has 0 radical (unpaired) electrons. The van der Waals surface area contributed by atoms with E-state index in [-0.39, 0.29) is 24.7 Å². The van der Waals surface area contributed by atoms with Gasteiger partial charge in [0.15, 0.2) is 0 Å². The first-order valence-corrected chi connectivity index (χ1v) is 6.84. The molecule has 3 N–H and O–H groups in total. The predicted molar refractivity (Wildman–Crippen MR) is 66.4 cm³/mol. The van der Waals surface area contributed by atoms with Crippen LogP contribution < -0.4 is 10.5 Å². The molecular weight excluding hydrogens is 256 g/mol. The van der Waals surface area contributed by atoms with Gasteiger partial charge in [0.25, 0.3) is 15.9 Å². The average molecular weight is 272 g/mol. The molecule has 0 saturated heterocycles. The van der Waals surface area contributed by atoms with Gasteiger partial charge in [-0.2, -0.15) is 0 Å². The summed E-state index contributed by atoms with van der Waals surface area (Å²) in [6.45, 7) is 1.99. The number of hydrogen-bond donors (Lipinski definition) is 2. The van der Waals surface area contributed by atoms with Gasteiger partial charge in [0.2, 0.25) is 0 Å². The van der Waals surface area contributed by atoms with Crippen LogP contribution in [0.2, 0.25) is 0 Å². The molecule has 0 aliphatic carbocycles. The van der Waals surface area contributed by atoms with E-state index in [2.05, 4.69) is 0 Å². The van der Waals surface area contributed by atoms with E-state index >= 15 is 0 Å². The van der Waals surface area contributed by atoms with Gasteiger partial charge in [-0.1, -0.05) is 17.7 Å². The van der Waals surface area contributed by atoms with Crippen LogP contribution in [-0.2, 0) is 19.6 Å². The second-order valence-electron chi connectivity index (χ2n) is 3.68. The van der Waals surface area contributed by atoms with Crippen LogP contribution in [0.4, 0.5) is 0 Å². The Labute approximate surface area is 106 Å². The molecule has 0 fully saturated rings. The highest BCUT2D eigenvalue weighted by atomic mass is 32.2. The van der Waals surface area contributed by atoms with Crippen molar-refractivity contribution in [1.82, 2.24) is 4.72 Å². The van der Waals surface area contributed by atoms with E-state index in [1.54, 1.807) is 12.1 Å². The summed E-state index contributed by atoms with van der Waals surface area (Å²) >= 11 is 0. The lowest BCUT2D eigenvalue weighted by atomic mass is 10.2. The zero-order valence-corrected chi connectivity index (χ0v) is 10.9. The smallest absolute Gasteiger partial charge is 0.264 e. The summed E-state index contributed by atoms with van der Waals surface area (Å²) in [5, 5.41) is 0. The third-order valence-corrected chi connectivity index (χ3v) is 3.46. The van der Waals surface area contributed by atoms with Crippen molar-refractivity contribution in [3.05, 3.63) is 29.8 Å². The zero-order valence-electron chi connectivity index (χ0n) is 10.0. The summed E-state index contributed by atoms with van der Waals surface area (Å²) in [5.74, 6) is -0.718. The first-order valence-electron chi connectivity index (χ1n) is 5.36. The molecule has 0 atom stereocenters. The van der Waals surface area contributed by atoms with Gasteiger partial charge in [0.1, 0.15) is 6.61 Å². The SMILES string of the molecule is Cc1ccc(S(=O)(=O)NC(=O)COCCN)cc1. The van der Waals surface area contributed by atoms with Gasteiger partial charge >= 0.3 is 0 Å². The molecule has 0 aliphatic rings. The Balaban J connectivity index is 2.64. The minimum atomic E-state index is -3.82. The van der Waals surface area contributed by atoms with Crippen molar-refractivity contribution in [2.75, 3.05) is 19.8 Å². The third kappa shape index (κ3) is 4.44. The molecule has 0 saturated carbocycles. The Hall–Kier alpha value is -1.44. The molecule has 18 heavy (non-hydrogen) atoms. The Morgan fingerprint density at radius 1 is 1.33 bits per heavy atom. The van der Waals surface area contributed by atoms with Gasteiger partial charge in [-0.25, -0.2) is 13.1 Å². The van der Waals surface area contributed by atoms with Crippen LogP contribution in [0, 0.1) is 6.92 Å². The molecule has 1 amide bonds. The van der Waals surface area contributed by atoms with Gasteiger partial charge in [0, 0.05) is 6.54 Å². The second-order valence-corrected chi connectivity index (χ2v) is 5.37. The Kier molecular flexibility index (Phi) is 5.26. The van der Waals surface area contributed by atoms with E-state index in [0.717, 1.165) is 5.56 Å². The van der Waals surface area contributed by atoms with Crippen molar-refractivity contribution in [3.8, 4) is 0 Å². The van der Waals surface area contributed by atoms with Crippen molar-refractivity contribution in [2.45, 2.75) is 11.8 Å². The van der Waals surface area contributed by atoms with E-state index in [1.807, 2.05) is 11.6 Å². The molecule has 1 aromatic carbocycles. The van der Waals surface area contributed by atoms with Gasteiger partial charge in [0.05, 0.1) is 11.5 Å². The lowest BCUT2D eigenvalue weighted by Crippen LogP contribution is -2.34. The van der Waals surface area contributed by atoms with Crippen LogP contribution in [0.1, 0.15) is 5.56 Å². The van der Waals surface area contributed by atoms with Gasteiger partial charge < -0.3 is 10.5 Å². The maximum absolute atomic E-state index is 11.8. The molecule has 1 aromatic rings. The third-order valence-electron chi connectivity index (χ3n) is 2.07. The maximum Gasteiger partial charge on any atom is 0.264 e. The molecule has 0 unspecified atom stereocenters. The molecule has 0 heterocycles. The molecule has 0 aliphatic heterocycles. The average Bonchev–Trinajstić information content (AvgIpc) is 2.29. The normalized spacial score (nSPS) is 11.2. The van der Waals surface area contributed by atoms with E-state index in [9.17, 15) is 13.2 Å². The van der Waals surface area contributed by atoms with Crippen LogP contribution in [-0.4, -0.2) is 34.1 Å². The van der Waals surface area contributed by atoms with E-state index < -0.39 is 15.9 Å². The molecule has 7 heteroatoms. The first-order chi connectivity index (χ1) is 8.45. The summed E-state index contributed by atoms with van der Waals surface area (Å²) in [4.78, 5) is 11.4. The number of sulfonamides is 1. The number of aryl methyl sites for hydroxylation is 1. The van der Waals surface area contributed by atoms with Crippen molar-refractivity contribution < 1.29 is 17.9 Å². The highest BCUT2D eigenvalue weighted by Gasteiger charge is 2.17. The van der Waals surface area contributed by atoms with Crippen molar-refractivity contribution in [1.29, 1.82) is 0 Å². The summed E-state index contributed by atoms with van der Waals surface area (Å²) in [5.41, 5.74) is 6.11. The van der Waals surface area contributed by atoms with Crippen molar-refractivity contribution >= 4 is 15.9 Å². The molecule has 1 rings (SSSR count). The number of benzene rings is 1. The van der Waals surface area contributed by atoms with E-state index in [4.69, 9.17) is 10.5 Å². The lowest BCUT2D eigenvalue weighted by Gasteiger charge is -2.07. The fourth-order valence-corrected chi connectivity index (χ4v) is 2.17. The van der Waals surface area contributed by atoms with Crippen LogP contribution in [0.5, 0.6) is 0 Å². The van der Waals surface area contributed by atoms with Crippen molar-refractivity contribution in [3.63, 3.8) is 0 Å². The molecule has 6 nitrogen and oxygen atoms in total. The minimum absolute atomic E-state index is 0.0419. The number of nitrogens with one attached hydrogen (secondary N) is 1. The summed E-state index contributed by atoms with van der Waals surface area (Å²) in [6, 6.07) is 6.19. The predicted octanol–water partition coefficient (Wildman–Crippen LogP) is -0.225. The number of nitrogens with two attached hydrogens (primary N) is 1. The van der Waals surface area contributed by atoms with Crippen LogP contribution >= 0.6 is 0 Å². The van der Waals surface area contributed by atoms with E-state index in [0.29, 0.717) is 0 Å². The quantitative estimate of drug-likeness (QED) is 0.697. The summed E-state index contributed by atoms with van der Waals surface area (Å²) in [7, 11) is -3.82. The van der Waals surface area contributed by atoms with Crippen LogP contribution in [0.15, 0.2) is 29.2 Å². The number of hydrogen-bond acceptors (Lipinski definition) is 5. The number of amides is 1. The molecule has 0 bridgehead atoms. The fraction of sp³-hybridized carbons (Fsp3) is 0.364. The molecule has 0 aromatic heterocycles. The first kappa shape index (κ1) is 14.6. The maximum atomic E-state index is 11.8. The van der Waals surface area contributed by atoms with Gasteiger partial charge in [-0.3, -0.25) is 4.79 Å². The number of ether oxygens (including phenoxy) is 1. The van der Waals surface area contributed by atoms with Gasteiger partial charge in [-0.15, -0.1) is 0 Å². The fourth-order valence-electron chi connectivity index (χ4n) is 1.20. The molecular formula is C11H16N2O4S. The summed E-state index contributed by atoms with van der Waals surface area (Å²) < 4.78 is 30.3. The highest BCUT2D eigenvalue weighted by Crippen LogP contribution is 2.09. The number of rotatable bonds is 6. The van der Waals surface area contributed by atoms with E-state index in [1.165, 1.54) is 12.1 Å². The number of carbonyl (C=O) groups excluding carboxylic acids is 1. The second kappa shape index (κ2) is 6.48. The Bertz CT molecular complexity index is 496. The van der Waals surface area contributed by atoms with Gasteiger partial charge in [-0.05, 0) is 19.1 Å². The van der Waals surface area contributed by atoms with Crippen molar-refractivity contribution in [2.24, 2.45) is 5.73 Å².